The maximum Gasteiger partial charge on any atom is 0.341 e. The van der Waals surface area contributed by atoms with Gasteiger partial charge in [0.05, 0.1) is 7.11 Å². The van der Waals surface area contributed by atoms with Crippen molar-refractivity contribution < 1.29 is 9.53 Å². The molecule has 1 heterocycles. The summed E-state index contributed by atoms with van der Waals surface area (Å²) in [5.41, 5.74) is 9.28. The lowest BCUT2D eigenvalue weighted by Crippen LogP contribution is -2.02. The highest BCUT2D eigenvalue weighted by molar-refractivity contribution is 5.96. The van der Waals surface area contributed by atoms with Crippen molar-refractivity contribution in [1.82, 2.24) is 4.98 Å². The van der Waals surface area contributed by atoms with E-state index < -0.39 is 5.97 Å². The number of ether oxygens (including phenoxy) is 1. The Morgan fingerprint density at radius 3 is 2.50 bits per heavy atom. The van der Waals surface area contributed by atoms with E-state index in [1.807, 2.05) is 12.1 Å². The van der Waals surface area contributed by atoms with Gasteiger partial charge in [0.15, 0.2) is 0 Å². The zero-order valence-electron chi connectivity index (χ0n) is 12.1. The van der Waals surface area contributed by atoms with E-state index in [0.717, 1.165) is 17.7 Å². The molecule has 0 radical (unpaired) electrons. The third-order valence-corrected chi connectivity index (χ3v) is 3.16. The Labute approximate surface area is 119 Å². The molecule has 0 saturated heterocycles. The number of carbonyl (C=O) groups is 1. The smallest absolute Gasteiger partial charge is 0.341 e. The third kappa shape index (κ3) is 3.02. The molecule has 20 heavy (non-hydrogen) atoms. The lowest BCUT2D eigenvalue weighted by atomic mass is 10.0. The van der Waals surface area contributed by atoms with Crippen molar-refractivity contribution in [2.45, 2.75) is 20.3 Å². The summed E-state index contributed by atoms with van der Waals surface area (Å²) in [7, 11) is 1.34. The number of aromatic amines is 1. The molecule has 0 bridgehead atoms. The summed E-state index contributed by atoms with van der Waals surface area (Å²) in [6.07, 6.45) is 1.06. The molecule has 4 nitrogen and oxygen atoms in total. The molecule has 1 aromatic carbocycles. The Morgan fingerprint density at radius 1 is 1.30 bits per heavy atom. The number of carbonyl (C=O) groups excluding carboxylic acids is 1. The fourth-order valence-corrected chi connectivity index (χ4v) is 2.20. The molecule has 0 unspecified atom stereocenters. The summed E-state index contributed by atoms with van der Waals surface area (Å²) in [6.45, 7) is 4.39. The van der Waals surface area contributed by atoms with Crippen LogP contribution in [0.15, 0.2) is 30.3 Å². The number of hydrogen-bond acceptors (Lipinski definition) is 3. The Kier molecular flexibility index (Phi) is 4.13. The Hall–Kier alpha value is -2.23. The second kappa shape index (κ2) is 5.82. The molecule has 2 rings (SSSR count). The standard InChI is InChI=1S/C16H20N2O2/c1-10(2)8-11-4-6-12(7-5-11)14-9-13(15(17)18-14)16(19)20-3/h4-7,9-10,18H,8,17H2,1-3H3. The van der Waals surface area contributed by atoms with E-state index in [1.165, 1.54) is 12.7 Å². The first-order valence-corrected chi connectivity index (χ1v) is 6.67. The summed E-state index contributed by atoms with van der Waals surface area (Å²) in [5, 5.41) is 0. The molecule has 0 aliphatic heterocycles. The fourth-order valence-electron chi connectivity index (χ4n) is 2.20. The van der Waals surface area contributed by atoms with E-state index in [1.54, 1.807) is 6.07 Å². The van der Waals surface area contributed by atoms with Crippen LogP contribution in [-0.2, 0) is 11.2 Å². The summed E-state index contributed by atoms with van der Waals surface area (Å²) in [6, 6.07) is 9.99. The van der Waals surface area contributed by atoms with Crippen LogP contribution in [0.4, 0.5) is 5.82 Å². The molecule has 0 fully saturated rings. The molecule has 3 N–H and O–H groups in total. The van der Waals surface area contributed by atoms with Gasteiger partial charge in [-0.05, 0) is 29.5 Å². The van der Waals surface area contributed by atoms with Crippen molar-refractivity contribution >= 4 is 11.8 Å². The minimum atomic E-state index is -0.429. The van der Waals surface area contributed by atoms with Gasteiger partial charge in [-0.3, -0.25) is 0 Å². The van der Waals surface area contributed by atoms with Gasteiger partial charge in [0.2, 0.25) is 0 Å². The second-order valence-corrected chi connectivity index (χ2v) is 5.30. The molecule has 0 atom stereocenters. The summed E-state index contributed by atoms with van der Waals surface area (Å²) < 4.78 is 4.69. The minimum absolute atomic E-state index is 0.332. The Balaban J connectivity index is 2.26. The SMILES string of the molecule is COC(=O)c1cc(-c2ccc(CC(C)C)cc2)[nH]c1N. The van der Waals surface area contributed by atoms with Crippen LogP contribution in [0.5, 0.6) is 0 Å². The van der Waals surface area contributed by atoms with Crippen LogP contribution in [0.2, 0.25) is 0 Å². The molecule has 0 spiro atoms. The van der Waals surface area contributed by atoms with E-state index in [9.17, 15) is 4.79 Å². The topological polar surface area (TPSA) is 68.1 Å². The maximum absolute atomic E-state index is 11.5. The largest absolute Gasteiger partial charge is 0.465 e. The third-order valence-electron chi connectivity index (χ3n) is 3.16. The van der Waals surface area contributed by atoms with E-state index in [-0.39, 0.29) is 0 Å². The molecular weight excluding hydrogens is 252 g/mol. The highest BCUT2D eigenvalue weighted by Gasteiger charge is 2.14. The number of benzene rings is 1. The first kappa shape index (κ1) is 14.2. The summed E-state index contributed by atoms with van der Waals surface area (Å²) in [4.78, 5) is 14.5. The summed E-state index contributed by atoms with van der Waals surface area (Å²) in [5.74, 6) is 0.535. The number of aromatic nitrogens is 1. The molecule has 106 valence electrons. The van der Waals surface area contributed by atoms with Crippen LogP contribution in [-0.4, -0.2) is 18.1 Å². The first-order valence-electron chi connectivity index (χ1n) is 6.67. The van der Waals surface area contributed by atoms with E-state index >= 15 is 0 Å². The van der Waals surface area contributed by atoms with Gasteiger partial charge in [0.1, 0.15) is 11.4 Å². The van der Waals surface area contributed by atoms with Crippen molar-refractivity contribution in [3.8, 4) is 11.3 Å². The normalized spacial score (nSPS) is 10.8. The zero-order valence-corrected chi connectivity index (χ0v) is 12.1. The van der Waals surface area contributed by atoms with Crippen LogP contribution in [0.25, 0.3) is 11.3 Å². The lowest BCUT2D eigenvalue weighted by Gasteiger charge is -2.05. The number of H-pyrrole nitrogens is 1. The van der Waals surface area contributed by atoms with Gasteiger partial charge in [-0.25, -0.2) is 4.79 Å². The number of nitrogens with two attached hydrogens (primary N) is 1. The number of nitrogen functional groups attached to an aromatic ring is 1. The van der Waals surface area contributed by atoms with Gasteiger partial charge in [0.25, 0.3) is 0 Å². The lowest BCUT2D eigenvalue weighted by molar-refractivity contribution is 0.0602. The van der Waals surface area contributed by atoms with Crippen molar-refractivity contribution in [3.05, 3.63) is 41.5 Å². The summed E-state index contributed by atoms with van der Waals surface area (Å²) >= 11 is 0. The Bertz CT molecular complexity index is 597. The van der Waals surface area contributed by atoms with Crippen LogP contribution in [0, 0.1) is 5.92 Å². The molecule has 1 aromatic heterocycles. The fraction of sp³-hybridized carbons (Fsp3) is 0.312. The maximum atomic E-state index is 11.5. The molecule has 0 aliphatic rings. The predicted molar refractivity (Wildman–Crippen MR) is 80.5 cm³/mol. The van der Waals surface area contributed by atoms with Crippen molar-refractivity contribution in [3.63, 3.8) is 0 Å². The Morgan fingerprint density at radius 2 is 1.95 bits per heavy atom. The van der Waals surface area contributed by atoms with Crippen LogP contribution in [0.3, 0.4) is 0 Å². The van der Waals surface area contributed by atoms with E-state index in [0.29, 0.717) is 17.3 Å². The van der Waals surface area contributed by atoms with Gasteiger partial charge in [-0.15, -0.1) is 0 Å². The highest BCUT2D eigenvalue weighted by Crippen LogP contribution is 2.24. The van der Waals surface area contributed by atoms with Gasteiger partial charge < -0.3 is 15.5 Å². The number of esters is 1. The van der Waals surface area contributed by atoms with E-state index in [2.05, 4.69) is 31.0 Å². The van der Waals surface area contributed by atoms with Crippen LogP contribution in [0.1, 0.15) is 29.8 Å². The average Bonchev–Trinajstić information content (AvgIpc) is 2.80. The minimum Gasteiger partial charge on any atom is -0.465 e. The first-order chi connectivity index (χ1) is 9.51. The molecule has 2 aromatic rings. The number of methoxy groups -OCH3 is 1. The molecule has 0 amide bonds. The van der Waals surface area contributed by atoms with E-state index in [4.69, 9.17) is 10.5 Å². The van der Waals surface area contributed by atoms with Gasteiger partial charge in [-0.1, -0.05) is 38.1 Å². The number of nitrogens with one attached hydrogen (secondary N) is 1. The van der Waals surface area contributed by atoms with Crippen LogP contribution < -0.4 is 5.73 Å². The van der Waals surface area contributed by atoms with Gasteiger partial charge in [0, 0.05) is 5.69 Å². The average molecular weight is 272 g/mol. The molecule has 4 heteroatoms. The second-order valence-electron chi connectivity index (χ2n) is 5.30. The molecule has 0 saturated carbocycles. The van der Waals surface area contributed by atoms with Crippen molar-refractivity contribution in [2.75, 3.05) is 12.8 Å². The van der Waals surface area contributed by atoms with Crippen molar-refractivity contribution in [1.29, 1.82) is 0 Å². The molecule has 0 aliphatic carbocycles. The van der Waals surface area contributed by atoms with Gasteiger partial charge >= 0.3 is 5.97 Å². The van der Waals surface area contributed by atoms with Crippen molar-refractivity contribution in [2.24, 2.45) is 5.92 Å². The zero-order chi connectivity index (χ0) is 14.7. The number of hydrogen-bond donors (Lipinski definition) is 2. The molecular formula is C16H20N2O2. The number of rotatable bonds is 4. The highest BCUT2D eigenvalue weighted by atomic mass is 16.5. The number of anilines is 1. The predicted octanol–water partition coefficient (Wildman–Crippen LogP) is 3.25. The van der Waals surface area contributed by atoms with Crippen LogP contribution >= 0.6 is 0 Å². The quantitative estimate of drug-likeness (QED) is 0.839. The monoisotopic (exact) mass is 272 g/mol. The van der Waals surface area contributed by atoms with Gasteiger partial charge in [-0.2, -0.15) is 0 Å².